The summed E-state index contributed by atoms with van der Waals surface area (Å²) < 4.78 is 0.946. The molecule has 1 aromatic heterocycles. The van der Waals surface area contributed by atoms with Crippen LogP contribution in [0.25, 0.3) is 10.9 Å². The summed E-state index contributed by atoms with van der Waals surface area (Å²) in [4.78, 5) is 8.24. The average molecular weight is 332 g/mol. The molecule has 100 valence electrons. The molecular formula is C14H10BrN3O2. The minimum Gasteiger partial charge on any atom is -0.504 e. The Hall–Kier alpha value is -2.34. The predicted molar refractivity (Wildman–Crippen MR) is 80.3 cm³/mol. The monoisotopic (exact) mass is 331 g/mol. The van der Waals surface area contributed by atoms with Crippen LogP contribution in [0.1, 0.15) is 0 Å². The first kappa shape index (κ1) is 12.7. The molecule has 0 aliphatic carbocycles. The van der Waals surface area contributed by atoms with Crippen molar-refractivity contribution in [1.29, 1.82) is 0 Å². The number of hydrogen-bond acceptors (Lipinski definition) is 5. The van der Waals surface area contributed by atoms with Gasteiger partial charge in [0.25, 0.3) is 0 Å². The molecule has 3 rings (SSSR count). The van der Waals surface area contributed by atoms with Crippen LogP contribution in [0.5, 0.6) is 11.5 Å². The van der Waals surface area contributed by atoms with Crippen molar-refractivity contribution in [2.75, 3.05) is 5.32 Å². The number of hydrogen-bond donors (Lipinski definition) is 3. The number of fused-ring (bicyclic) bond motifs is 1. The highest BCUT2D eigenvalue weighted by Gasteiger charge is 2.08. The largest absolute Gasteiger partial charge is 0.504 e. The summed E-state index contributed by atoms with van der Waals surface area (Å²) in [5.74, 6) is 0.151. The number of halogens is 1. The molecule has 6 heteroatoms. The molecule has 0 bridgehead atoms. The molecule has 0 amide bonds. The lowest BCUT2D eigenvalue weighted by atomic mass is 10.2. The van der Waals surface area contributed by atoms with Crippen LogP contribution in [0.4, 0.5) is 11.5 Å². The van der Waals surface area contributed by atoms with E-state index in [2.05, 4.69) is 31.2 Å². The molecule has 0 fully saturated rings. The Morgan fingerprint density at radius 2 is 1.80 bits per heavy atom. The lowest BCUT2D eigenvalue weighted by molar-refractivity contribution is 0.405. The summed E-state index contributed by atoms with van der Waals surface area (Å²) in [6.45, 7) is 0. The normalized spacial score (nSPS) is 10.7. The molecule has 1 heterocycles. The minimum atomic E-state index is -0.204. The zero-order valence-electron chi connectivity index (χ0n) is 10.2. The number of phenolic OH excluding ortho intramolecular Hbond substituents is 2. The van der Waals surface area contributed by atoms with Crippen molar-refractivity contribution in [3.8, 4) is 11.5 Å². The Morgan fingerprint density at radius 3 is 2.60 bits per heavy atom. The molecule has 0 aliphatic heterocycles. The number of nitrogens with one attached hydrogen (secondary N) is 1. The van der Waals surface area contributed by atoms with Gasteiger partial charge in [0.1, 0.15) is 12.1 Å². The Bertz CT molecular complexity index is 792. The van der Waals surface area contributed by atoms with Crippen LogP contribution in [0.15, 0.2) is 47.2 Å². The summed E-state index contributed by atoms with van der Waals surface area (Å²) in [6, 6.07) is 10.5. The van der Waals surface area contributed by atoms with E-state index in [0.717, 1.165) is 10.2 Å². The van der Waals surface area contributed by atoms with Crippen LogP contribution < -0.4 is 5.32 Å². The number of aromatic nitrogens is 2. The van der Waals surface area contributed by atoms with Crippen molar-refractivity contribution < 1.29 is 10.2 Å². The van der Waals surface area contributed by atoms with E-state index in [1.807, 2.05) is 24.3 Å². The highest BCUT2D eigenvalue weighted by atomic mass is 79.9. The fourth-order valence-electron chi connectivity index (χ4n) is 1.88. The second kappa shape index (κ2) is 4.97. The number of nitrogens with zero attached hydrogens (tertiary/aromatic N) is 2. The molecule has 0 aliphatic rings. The van der Waals surface area contributed by atoms with E-state index in [9.17, 15) is 10.2 Å². The van der Waals surface area contributed by atoms with Crippen LogP contribution >= 0.6 is 15.9 Å². The maximum atomic E-state index is 9.61. The Balaban J connectivity index is 2.09. The van der Waals surface area contributed by atoms with E-state index in [0.29, 0.717) is 16.7 Å². The zero-order chi connectivity index (χ0) is 14.1. The van der Waals surface area contributed by atoms with Crippen LogP contribution in [0.3, 0.4) is 0 Å². The van der Waals surface area contributed by atoms with Gasteiger partial charge in [0, 0.05) is 21.6 Å². The van der Waals surface area contributed by atoms with Gasteiger partial charge in [0.15, 0.2) is 11.5 Å². The molecular weight excluding hydrogens is 322 g/mol. The van der Waals surface area contributed by atoms with Crippen LogP contribution in [0, 0.1) is 0 Å². The Kier molecular flexibility index (Phi) is 3.15. The van der Waals surface area contributed by atoms with Gasteiger partial charge in [0.05, 0.1) is 5.52 Å². The molecule has 0 saturated carbocycles. The molecule has 2 aromatic carbocycles. The van der Waals surface area contributed by atoms with Gasteiger partial charge in [-0.15, -0.1) is 0 Å². The van der Waals surface area contributed by atoms with Gasteiger partial charge in [0.2, 0.25) is 0 Å². The molecule has 3 aromatic rings. The van der Waals surface area contributed by atoms with E-state index in [-0.39, 0.29) is 11.5 Å². The number of benzene rings is 2. The molecule has 0 unspecified atom stereocenters. The Morgan fingerprint density at radius 1 is 1.00 bits per heavy atom. The molecule has 0 atom stereocenters. The SMILES string of the molecule is Oc1cc2ncnc(Nc3cccc(Br)c3)c2cc1O. The van der Waals surface area contributed by atoms with Gasteiger partial charge in [-0.2, -0.15) is 0 Å². The van der Waals surface area contributed by atoms with Gasteiger partial charge in [-0.3, -0.25) is 0 Å². The van der Waals surface area contributed by atoms with Gasteiger partial charge in [-0.1, -0.05) is 22.0 Å². The summed E-state index contributed by atoms with van der Waals surface area (Å²) in [6.07, 6.45) is 1.40. The fraction of sp³-hybridized carbons (Fsp3) is 0. The van der Waals surface area contributed by atoms with Gasteiger partial charge < -0.3 is 15.5 Å². The van der Waals surface area contributed by atoms with Crippen molar-refractivity contribution in [2.24, 2.45) is 0 Å². The Labute approximate surface area is 123 Å². The first-order valence-corrected chi connectivity index (χ1v) is 6.62. The first-order valence-electron chi connectivity index (χ1n) is 5.83. The van der Waals surface area contributed by atoms with E-state index >= 15 is 0 Å². The second-order valence-electron chi connectivity index (χ2n) is 4.22. The summed E-state index contributed by atoms with van der Waals surface area (Å²) >= 11 is 3.40. The molecule has 5 nitrogen and oxygen atoms in total. The third-order valence-electron chi connectivity index (χ3n) is 2.82. The summed E-state index contributed by atoms with van der Waals surface area (Å²) in [5.41, 5.74) is 1.40. The zero-order valence-corrected chi connectivity index (χ0v) is 11.8. The van der Waals surface area contributed by atoms with Crippen molar-refractivity contribution >= 4 is 38.3 Å². The topological polar surface area (TPSA) is 78.3 Å². The van der Waals surface area contributed by atoms with Gasteiger partial charge in [-0.05, 0) is 24.3 Å². The predicted octanol–water partition coefficient (Wildman–Crippen LogP) is 3.55. The quantitative estimate of drug-likeness (QED) is 0.626. The third kappa shape index (κ3) is 2.37. The first-order chi connectivity index (χ1) is 9.63. The van der Waals surface area contributed by atoms with Crippen molar-refractivity contribution in [3.63, 3.8) is 0 Å². The highest BCUT2D eigenvalue weighted by molar-refractivity contribution is 9.10. The van der Waals surface area contributed by atoms with Crippen molar-refractivity contribution in [2.45, 2.75) is 0 Å². The number of phenols is 2. The number of anilines is 2. The van der Waals surface area contributed by atoms with Gasteiger partial charge >= 0.3 is 0 Å². The maximum absolute atomic E-state index is 9.61. The smallest absolute Gasteiger partial charge is 0.159 e. The van der Waals surface area contributed by atoms with E-state index < -0.39 is 0 Å². The van der Waals surface area contributed by atoms with E-state index in [1.165, 1.54) is 18.5 Å². The van der Waals surface area contributed by atoms with Crippen LogP contribution in [-0.4, -0.2) is 20.2 Å². The van der Waals surface area contributed by atoms with Gasteiger partial charge in [-0.25, -0.2) is 9.97 Å². The molecule has 3 N–H and O–H groups in total. The van der Waals surface area contributed by atoms with Crippen molar-refractivity contribution in [1.82, 2.24) is 9.97 Å². The maximum Gasteiger partial charge on any atom is 0.159 e. The second-order valence-corrected chi connectivity index (χ2v) is 5.13. The average Bonchev–Trinajstić information content (AvgIpc) is 2.41. The third-order valence-corrected chi connectivity index (χ3v) is 3.31. The molecule has 0 spiro atoms. The number of aromatic hydroxyl groups is 2. The summed E-state index contributed by atoms with van der Waals surface area (Å²) in [5, 5.41) is 22.9. The summed E-state index contributed by atoms with van der Waals surface area (Å²) in [7, 11) is 0. The standard InChI is InChI=1S/C14H10BrN3O2/c15-8-2-1-3-9(4-8)18-14-10-5-12(19)13(20)6-11(10)16-7-17-14/h1-7,19-20H,(H,16,17,18). The van der Waals surface area contributed by atoms with E-state index in [4.69, 9.17) is 0 Å². The highest BCUT2D eigenvalue weighted by Crippen LogP contribution is 2.32. The van der Waals surface area contributed by atoms with E-state index in [1.54, 1.807) is 0 Å². The van der Waals surface area contributed by atoms with Crippen LogP contribution in [0.2, 0.25) is 0 Å². The lowest BCUT2D eigenvalue weighted by Crippen LogP contribution is -1.95. The lowest BCUT2D eigenvalue weighted by Gasteiger charge is -2.09. The molecule has 0 radical (unpaired) electrons. The molecule has 0 saturated heterocycles. The molecule has 20 heavy (non-hydrogen) atoms. The number of rotatable bonds is 2. The van der Waals surface area contributed by atoms with Crippen LogP contribution in [-0.2, 0) is 0 Å². The van der Waals surface area contributed by atoms with Crippen molar-refractivity contribution in [3.05, 3.63) is 47.2 Å². The minimum absolute atomic E-state index is 0.204. The fourth-order valence-corrected chi connectivity index (χ4v) is 2.28.